The van der Waals surface area contributed by atoms with Gasteiger partial charge in [-0.2, -0.15) is 0 Å². The number of nitrogens with zero attached hydrogens (tertiary/aromatic N) is 2. The highest BCUT2D eigenvalue weighted by Crippen LogP contribution is 2.29. The van der Waals surface area contributed by atoms with E-state index in [0.29, 0.717) is 36.7 Å². The van der Waals surface area contributed by atoms with E-state index in [1.165, 1.54) is 0 Å². The summed E-state index contributed by atoms with van der Waals surface area (Å²) < 4.78 is 10.6. The SMILES string of the molecule is COc1ccc(CCN2C[C@@H](C(=O)Nc3cccc(-c4csc(C)n4)c3)CC2=O)cc1OC. The van der Waals surface area contributed by atoms with Crippen LogP contribution in [0.1, 0.15) is 17.0 Å². The van der Waals surface area contributed by atoms with Gasteiger partial charge in [-0.3, -0.25) is 9.59 Å². The molecule has 3 aromatic rings. The van der Waals surface area contributed by atoms with E-state index < -0.39 is 0 Å². The number of carbonyl (C=O) groups excluding carboxylic acids is 2. The molecule has 0 aliphatic carbocycles. The van der Waals surface area contributed by atoms with Crippen LogP contribution in [-0.2, 0) is 16.0 Å². The first kappa shape index (κ1) is 22.8. The first-order valence-corrected chi connectivity index (χ1v) is 11.7. The zero-order chi connectivity index (χ0) is 23.4. The third-order valence-corrected chi connectivity index (χ3v) is 6.52. The van der Waals surface area contributed by atoms with Crippen LogP contribution in [0.25, 0.3) is 11.3 Å². The predicted molar refractivity (Wildman–Crippen MR) is 129 cm³/mol. The molecule has 0 spiro atoms. The van der Waals surface area contributed by atoms with Crippen molar-refractivity contribution in [3.63, 3.8) is 0 Å². The molecule has 1 fully saturated rings. The van der Waals surface area contributed by atoms with E-state index in [0.717, 1.165) is 21.8 Å². The number of amides is 2. The Bertz CT molecular complexity index is 1160. The lowest BCUT2D eigenvalue weighted by atomic mass is 10.1. The molecule has 0 unspecified atom stereocenters. The molecule has 172 valence electrons. The number of hydrogen-bond donors (Lipinski definition) is 1. The van der Waals surface area contributed by atoms with Gasteiger partial charge in [-0.15, -0.1) is 11.3 Å². The molecule has 8 heteroatoms. The minimum atomic E-state index is -0.368. The summed E-state index contributed by atoms with van der Waals surface area (Å²) >= 11 is 1.59. The van der Waals surface area contributed by atoms with Gasteiger partial charge in [-0.25, -0.2) is 4.98 Å². The minimum Gasteiger partial charge on any atom is -0.493 e. The Morgan fingerprint density at radius 3 is 2.73 bits per heavy atom. The van der Waals surface area contributed by atoms with E-state index in [2.05, 4.69) is 10.3 Å². The molecule has 2 heterocycles. The van der Waals surface area contributed by atoms with E-state index in [1.807, 2.05) is 54.8 Å². The molecule has 1 aliphatic heterocycles. The van der Waals surface area contributed by atoms with Gasteiger partial charge in [0.25, 0.3) is 0 Å². The Hall–Kier alpha value is -3.39. The lowest BCUT2D eigenvalue weighted by molar-refractivity contribution is -0.128. The number of rotatable bonds is 8. The van der Waals surface area contributed by atoms with Gasteiger partial charge in [-0.1, -0.05) is 18.2 Å². The lowest BCUT2D eigenvalue weighted by Gasteiger charge is -2.17. The highest BCUT2D eigenvalue weighted by molar-refractivity contribution is 7.09. The second-order valence-electron chi connectivity index (χ2n) is 8.00. The molecule has 1 aliphatic rings. The molecule has 1 aromatic heterocycles. The maximum absolute atomic E-state index is 12.9. The average Bonchev–Trinajstić information content (AvgIpc) is 3.43. The average molecular weight is 466 g/mol. The Labute approximate surface area is 197 Å². The number of likely N-dealkylation sites (tertiary alicyclic amines) is 1. The summed E-state index contributed by atoms with van der Waals surface area (Å²) in [5.74, 6) is 0.832. The van der Waals surface area contributed by atoms with Gasteiger partial charge in [-0.05, 0) is 43.2 Å². The van der Waals surface area contributed by atoms with Crippen LogP contribution in [0, 0.1) is 12.8 Å². The number of benzene rings is 2. The summed E-state index contributed by atoms with van der Waals surface area (Å²) in [6.07, 6.45) is 0.901. The maximum Gasteiger partial charge on any atom is 0.229 e. The molecule has 0 bridgehead atoms. The molecular weight excluding hydrogens is 438 g/mol. The van der Waals surface area contributed by atoms with E-state index in [9.17, 15) is 9.59 Å². The molecule has 2 amide bonds. The third kappa shape index (κ3) is 5.34. The second-order valence-corrected chi connectivity index (χ2v) is 9.06. The normalized spacial score (nSPS) is 15.5. The van der Waals surface area contributed by atoms with Crippen LogP contribution in [0.15, 0.2) is 47.8 Å². The fourth-order valence-electron chi connectivity index (χ4n) is 3.96. The van der Waals surface area contributed by atoms with E-state index >= 15 is 0 Å². The van der Waals surface area contributed by atoms with Crippen LogP contribution in [0.5, 0.6) is 11.5 Å². The number of nitrogens with one attached hydrogen (secondary N) is 1. The number of anilines is 1. The summed E-state index contributed by atoms with van der Waals surface area (Å²) in [5, 5.41) is 5.97. The predicted octanol–water partition coefficient (Wildman–Crippen LogP) is 4.17. The maximum atomic E-state index is 12.9. The standard InChI is InChI=1S/C25H27N3O4S/c1-16-26-21(15-33-16)18-5-4-6-20(12-18)27-25(30)19-13-24(29)28(14-19)10-9-17-7-8-22(31-2)23(11-17)32-3/h4-8,11-12,15,19H,9-10,13-14H2,1-3H3,(H,27,30)/t19-/m0/s1. The molecule has 1 atom stereocenters. The van der Waals surface area contributed by atoms with Crippen molar-refractivity contribution in [3.8, 4) is 22.8 Å². The fraction of sp³-hybridized carbons (Fsp3) is 0.320. The summed E-state index contributed by atoms with van der Waals surface area (Å²) in [5.41, 5.74) is 3.60. The van der Waals surface area contributed by atoms with Crippen LogP contribution in [0.4, 0.5) is 5.69 Å². The summed E-state index contributed by atoms with van der Waals surface area (Å²) in [6.45, 7) is 2.94. The molecule has 0 saturated carbocycles. The van der Waals surface area contributed by atoms with Crippen molar-refractivity contribution in [2.75, 3.05) is 32.6 Å². The number of carbonyl (C=O) groups is 2. The van der Waals surface area contributed by atoms with Crippen molar-refractivity contribution < 1.29 is 19.1 Å². The minimum absolute atomic E-state index is 0.00215. The zero-order valence-corrected chi connectivity index (χ0v) is 19.8. The van der Waals surface area contributed by atoms with Crippen molar-refractivity contribution in [1.82, 2.24) is 9.88 Å². The molecule has 7 nitrogen and oxygen atoms in total. The van der Waals surface area contributed by atoms with Crippen molar-refractivity contribution in [3.05, 3.63) is 58.4 Å². The second kappa shape index (κ2) is 10.0. The largest absolute Gasteiger partial charge is 0.493 e. The van der Waals surface area contributed by atoms with E-state index in [-0.39, 0.29) is 24.2 Å². The van der Waals surface area contributed by atoms with Crippen molar-refractivity contribution in [2.24, 2.45) is 5.92 Å². The van der Waals surface area contributed by atoms with Crippen LogP contribution in [-0.4, -0.2) is 49.0 Å². The van der Waals surface area contributed by atoms with Gasteiger partial charge in [0.2, 0.25) is 11.8 Å². The molecule has 2 aromatic carbocycles. The van der Waals surface area contributed by atoms with Crippen molar-refractivity contribution >= 4 is 28.8 Å². The smallest absolute Gasteiger partial charge is 0.229 e. The highest BCUT2D eigenvalue weighted by Gasteiger charge is 2.34. The molecule has 33 heavy (non-hydrogen) atoms. The van der Waals surface area contributed by atoms with Crippen LogP contribution in [0.2, 0.25) is 0 Å². The number of aromatic nitrogens is 1. The quantitative estimate of drug-likeness (QED) is 0.540. The van der Waals surface area contributed by atoms with Gasteiger partial charge in [0.15, 0.2) is 11.5 Å². The third-order valence-electron chi connectivity index (χ3n) is 5.75. The monoisotopic (exact) mass is 465 g/mol. The number of aryl methyl sites for hydroxylation is 1. The van der Waals surface area contributed by atoms with Gasteiger partial charge < -0.3 is 19.7 Å². The van der Waals surface area contributed by atoms with Crippen molar-refractivity contribution in [1.29, 1.82) is 0 Å². The van der Waals surface area contributed by atoms with Crippen LogP contribution >= 0.6 is 11.3 Å². The number of ether oxygens (including phenoxy) is 2. The molecular formula is C25H27N3O4S. The fourth-order valence-corrected chi connectivity index (χ4v) is 4.58. The van der Waals surface area contributed by atoms with Gasteiger partial charge in [0, 0.05) is 36.1 Å². The highest BCUT2D eigenvalue weighted by atomic mass is 32.1. The summed E-state index contributed by atoms with van der Waals surface area (Å²) in [4.78, 5) is 31.6. The Morgan fingerprint density at radius 2 is 2.00 bits per heavy atom. The Balaban J connectivity index is 1.35. The summed E-state index contributed by atoms with van der Waals surface area (Å²) in [7, 11) is 3.20. The molecule has 4 rings (SSSR count). The van der Waals surface area contributed by atoms with Crippen molar-refractivity contribution in [2.45, 2.75) is 19.8 Å². The number of methoxy groups -OCH3 is 2. The number of hydrogen-bond acceptors (Lipinski definition) is 6. The number of thiazole rings is 1. The zero-order valence-electron chi connectivity index (χ0n) is 19.0. The van der Waals surface area contributed by atoms with E-state index in [1.54, 1.807) is 30.5 Å². The lowest BCUT2D eigenvalue weighted by Crippen LogP contribution is -2.30. The Kier molecular flexibility index (Phi) is 6.93. The van der Waals surface area contributed by atoms with Crippen LogP contribution < -0.4 is 14.8 Å². The first-order valence-electron chi connectivity index (χ1n) is 10.8. The van der Waals surface area contributed by atoms with Gasteiger partial charge in [0.05, 0.1) is 30.8 Å². The van der Waals surface area contributed by atoms with Crippen LogP contribution in [0.3, 0.4) is 0 Å². The van der Waals surface area contributed by atoms with Gasteiger partial charge in [0.1, 0.15) is 0 Å². The van der Waals surface area contributed by atoms with E-state index in [4.69, 9.17) is 9.47 Å². The summed E-state index contributed by atoms with van der Waals surface area (Å²) in [6, 6.07) is 13.4. The first-order chi connectivity index (χ1) is 16.0. The molecule has 1 saturated heterocycles. The molecule has 0 radical (unpaired) electrons. The Morgan fingerprint density at radius 1 is 1.18 bits per heavy atom. The molecule has 1 N–H and O–H groups in total. The van der Waals surface area contributed by atoms with Gasteiger partial charge >= 0.3 is 0 Å². The topological polar surface area (TPSA) is 80.8 Å².